The normalized spacial score (nSPS) is 12.9. The van der Waals surface area contributed by atoms with E-state index in [2.05, 4.69) is 16.8 Å². The number of benzene rings is 3. The van der Waals surface area contributed by atoms with Gasteiger partial charge in [-0.05, 0) is 41.8 Å². The number of aromatic hydroxyl groups is 1. The van der Waals surface area contributed by atoms with Crippen LogP contribution in [0.2, 0.25) is 0 Å². The average Bonchev–Trinajstić information content (AvgIpc) is 2.73. The van der Waals surface area contributed by atoms with E-state index in [-0.39, 0.29) is 21.4 Å². The molecule has 34 heavy (non-hydrogen) atoms. The molecule has 0 radical (unpaired) electrons. The first-order chi connectivity index (χ1) is 15.6. The fraction of sp³-hybridized carbons (Fsp3) is 0. The van der Waals surface area contributed by atoms with Gasteiger partial charge in [-0.3, -0.25) is 9.11 Å². The molecular formula is C18H16N4O9S3. The summed E-state index contributed by atoms with van der Waals surface area (Å²) in [6, 6.07) is 6.34. The van der Waals surface area contributed by atoms with Gasteiger partial charge in [-0.25, -0.2) is 8.42 Å². The Labute approximate surface area is 193 Å². The van der Waals surface area contributed by atoms with Crippen LogP contribution in [0.4, 0.5) is 22.7 Å². The van der Waals surface area contributed by atoms with Crippen molar-refractivity contribution in [2.45, 2.75) is 14.7 Å². The second-order valence-corrected chi connectivity index (χ2v) is 11.4. The second kappa shape index (κ2) is 8.33. The lowest BCUT2D eigenvalue weighted by molar-refractivity contribution is 0.472. The molecule has 0 unspecified atom stereocenters. The van der Waals surface area contributed by atoms with Crippen LogP contribution in [0, 0.1) is 0 Å². The summed E-state index contributed by atoms with van der Waals surface area (Å²) in [6.07, 6.45) is 0. The van der Waals surface area contributed by atoms with Gasteiger partial charge >= 0.3 is 0 Å². The van der Waals surface area contributed by atoms with E-state index in [1.54, 1.807) is 0 Å². The van der Waals surface area contributed by atoms with Crippen molar-refractivity contribution in [3.63, 3.8) is 0 Å². The minimum absolute atomic E-state index is 0.0398. The van der Waals surface area contributed by atoms with E-state index in [0.717, 1.165) is 17.5 Å². The Morgan fingerprint density at radius 2 is 1.35 bits per heavy atom. The summed E-state index contributed by atoms with van der Waals surface area (Å²) >= 11 is 0. The number of azo groups is 1. The van der Waals surface area contributed by atoms with Gasteiger partial charge in [-0.1, -0.05) is 6.58 Å². The maximum absolute atomic E-state index is 11.9. The van der Waals surface area contributed by atoms with Gasteiger partial charge in [-0.15, -0.1) is 5.11 Å². The minimum Gasteiger partial charge on any atom is -0.505 e. The summed E-state index contributed by atoms with van der Waals surface area (Å²) in [5, 5.41) is 18.2. The highest BCUT2D eigenvalue weighted by Crippen LogP contribution is 2.46. The van der Waals surface area contributed by atoms with Gasteiger partial charge in [0.15, 0.2) is 15.6 Å². The molecule has 0 amide bonds. The topological polar surface area (TPSA) is 240 Å². The summed E-state index contributed by atoms with van der Waals surface area (Å²) in [6.45, 7) is 3.20. The molecule has 0 bridgehead atoms. The zero-order valence-corrected chi connectivity index (χ0v) is 19.3. The molecule has 0 aliphatic heterocycles. The fourth-order valence-corrected chi connectivity index (χ4v) is 4.98. The third-order valence-electron chi connectivity index (χ3n) is 4.59. The molecule has 7 N–H and O–H groups in total. The molecule has 13 nitrogen and oxygen atoms in total. The lowest BCUT2D eigenvalue weighted by Gasteiger charge is -2.14. The molecule has 0 spiro atoms. The number of nitrogens with zero attached hydrogens (tertiary/aromatic N) is 2. The zero-order chi connectivity index (χ0) is 25.6. The molecular weight excluding hydrogens is 512 g/mol. The van der Waals surface area contributed by atoms with Crippen molar-refractivity contribution in [1.82, 2.24) is 0 Å². The standard InChI is InChI=1S/C18H16N4O9S3/c1-2-32(24,25)11-5-3-10(4-6-11)21-22-17-13(34(29,30)31)8-9-7-12(33(26,27)28)15(19)16(20)14(9)18(17)23/h2-8,23H,1,19-20H2,(H,26,27,28)(H,29,30,31). The number of nitrogens with two attached hydrogens (primary N) is 2. The Bertz CT molecular complexity index is 1700. The Morgan fingerprint density at radius 3 is 1.85 bits per heavy atom. The number of fused-ring (bicyclic) bond motifs is 1. The molecule has 3 aromatic carbocycles. The van der Waals surface area contributed by atoms with Crippen LogP contribution in [-0.2, 0) is 30.1 Å². The largest absolute Gasteiger partial charge is 0.505 e. The van der Waals surface area contributed by atoms with Gasteiger partial charge in [0.25, 0.3) is 20.2 Å². The lowest BCUT2D eigenvalue weighted by Crippen LogP contribution is -2.07. The van der Waals surface area contributed by atoms with Crippen LogP contribution in [0.25, 0.3) is 10.8 Å². The van der Waals surface area contributed by atoms with Gasteiger partial charge in [0.1, 0.15) is 15.5 Å². The molecule has 0 aliphatic carbocycles. The van der Waals surface area contributed by atoms with Crippen LogP contribution in [0.1, 0.15) is 0 Å². The first-order valence-electron chi connectivity index (χ1n) is 8.80. The summed E-state index contributed by atoms with van der Waals surface area (Å²) in [5.74, 6) is -0.911. The maximum Gasteiger partial charge on any atom is 0.296 e. The van der Waals surface area contributed by atoms with Crippen LogP contribution in [0.3, 0.4) is 0 Å². The molecule has 0 heterocycles. The number of phenols is 1. The van der Waals surface area contributed by atoms with Crippen molar-refractivity contribution in [2.75, 3.05) is 11.5 Å². The summed E-state index contributed by atoms with van der Waals surface area (Å²) in [7, 11) is -13.6. The van der Waals surface area contributed by atoms with E-state index in [1.165, 1.54) is 24.3 Å². The SMILES string of the molecule is C=CS(=O)(=O)c1ccc(N=Nc2c(S(=O)(=O)O)cc3cc(S(=O)(=O)O)c(N)c(N)c3c2O)cc1. The van der Waals surface area contributed by atoms with E-state index in [1.807, 2.05) is 0 Å². The lowest BCUT2D eigenvalue weighted by atomic mass is 10.1. The monoisotopic (exact) mass is 528 g/mol. The summed E-state index contributed by atoms with van der Waals surface area (Å²) < 4.78 is 89.5. The van der Waals surface area contributed by atoms with E-state index in [9.17, 15) is 39.5 Å². The molecule has 0 aliphatic rings. The first-order valence-corrected chi connectivity index (χ1v) is 13.2. The first kappa shape index (κ1) is 25.1. The molecule has 3 aromatic rings. The third-order valence-corrected chi connectivity index (χ3v) is 7.72. The number of hydrogen-bond donors (Lipinski definition) is 5. The Morgan fingerprint density at radius 1 is 0.824 bits per heavy atom. The van der Waals surface area contributed by atoms with Crippen LogP contribution < -0.4 is 11.5 Å². The molecule has 16 heteroatoms. The number of phenolic OH excluding ortho intramolecular Hbond substituents is 1. The van der Waals surface area contributed by atoms with Crippen LogP contribution in [0.5, 0.6) is 5.75 Å². The van der Waals surface area contributed by atoms with Gasteiger partial charge < -0.3 is 16.6 Å². The van der Waals surface area contributed by atoms with Gasteiger partial charge in [0.05, 0.1) is 27.3 Å². The molecule has 0 atom stereocenters. The van der Waals surface area contributed by atoms with E-state index in [0.29, 0.717) is 0 Å². The highest BCUT2D eigenvalue weighted by atomic mass is 32.2. The van der Waals surface area contributed by atoms with Gasteiger partial charge in [0.2, 0.25) is 0 Å². The number of nitrogen functional groups attached to an aromatic ring is 2. The Kier molecular flexibility index (Phi) is 6.14. The summed E-state index contributed by atoms with van der Waals surface area (Å²) in [5.41, 5.74) is 9.61. The van der Waals surface area contributed by atoms with E-state index in [4.69, 9.17) is 11.5 Å². The maximum atomic E-state index is 11.9. The second-order valence-electron chi connectivity index (χ2n) is 6.73. The third kappa shape index (κ3) is 4.57. The molecule has 3 rings (SSSR count). The van der Waals surface area contributed by atoms with Crippen molar-refractivity contribution in [3.8, 4) is 5.75 Å². The molecule has 0 aromatic heterocycles. The van der Waals surface area contributed by atoms with Crippen molar-refractivity contribution in [2.24, 2.45) is 10.2 Å². The molecule has 180 valence electrons. The van der Waals surface area contributed by atoms with Crippen LogP contribution >= 0.6 is 0 Å². The van der Waals surface area contributed by atoms with Crippen molar-refractivity contribution < 1.29 is 39.5 Å². The quantitative estimate of drug-likeness (QED) is 0.177. The minimum atomic E-state index is -5.04. The number of anilines is 2. The van der Waals surface area contributed by atoms with Gasteiger partial charge in [0, 0.05) is 5.41 Å². The van der Waals surface area contributed by atoms with Gasteiger partial charge in [-0.2, -0.15) is 21.9 Å². The van der Waals surface area contributed by atoms with Crippen molar-refractivity contribution in [3.05, 3.63) is 48.4 Å². The van der Waals surface area contributed by atoms with Crippen LogP contribution in [0.15, 0.2) is 73.3 Å². The predicted molar refractivity (Wildman–Crippen MR) is 122 cm³/mol. The Balaban J connectivity index is 2.27. The summed E-state index contributed by atoms with van der Waals surface area (Å²) in [4.78, 5) is -1.90. The smallest absolute Gasteiger partial charge is 0.296 e. The number of rotatable bonds is 6. The fourth-order valence-electron chi connectivity index (χ4n) is 2.95. The Hall–Kier alpha value is -3.57. The highest BCUT2D eigenvalue weighted by molar-refractivity contribution is 7.94. The zero-order valence-electron chi connectivity index (χ0n) is 16.8. The average molecular weight is 529 g/mol. The molecule has 0 saturated carbocycles. The molecule has 0 fully saturated rings. The highest BCUT2D eigenvalue weighted by Gasteiger charge is 2.26. The molecule has 0 saturated heterocycles. The van der Waals surface area contributed by atoms with Crippen molar-refractivity contribution >= 4 is 63.6 Å². The number of sulfone groups is 1. The number of hydrogen-bond acceptors (Lipinski definition) is 11. The van der Waals surface area contributed by atoms with Crippen molar-refractivity contribution in [1.29, 1.82) is 0 Å². The predicted octanol–water partition coefficient (Wildman–Crippen LogP) is 2.54. The van der Waals surface area contributed by atoms with Crippen LogP contribution in [-0.4, -0.2) is 39.5 Å². The van der Waals surface area contributed by atoms with E-state index < -0.39 is 62.7 Å². The van der Waals surface area contributed by atoms with E-state index >= 15 is 0 Å².